The van der Waals surface area contributed by atoms with Crippen molar-refractivity contribution in [1.29, 1.82) is 5.26 Å². The van der Waals surface area contributed by atoms with Crippen LogP contribution in [0.25, 0.3) is 22.2 Å². The largest absolute Gasteiger partial charge is 0.490 e. The van der Waals surface area contributed by atoms with Crippen LogP contribution in [-0.4, -0.2) is 74.4 Å². The van der Waals surface area contributed by atoms with E-state index in [-0.39, 0.29) is 17.8 Å². The second-order valence-electron chi connectivity index (χ2n) is 11.2. The third kappa shape index (κ3) is 5.83. The van der Waals surface area contributed by atoms with E-state index >= 15 is 0 Å². The number of ether oxygens (including phenoxy) is 2. The fraction of sp³-hybridized carbons (Fsp3) is 0.406. The first-order valence-corrected chi connectivity index (χ1v) is 14.7. The van der Waals surface area contributed by atoms with Gasteiger partial charge in [-0.1, -0.05) is 12.1 Å². The second kappa shape index (κ2) is 11.9. The second-order valence-corrected chi connectivity index (χ2v) is 11.2. The summed E-state index contributed by atoms with van der Waals surface area (Å²) in [5, 5.41) is 9.60. The number of rotatable bonds is 6. The van der Waals surface area contributed by atoms with Crippen LogP contribution in [0.2, 0.25) is 0 Å². The van der Waals surface area contributed by atoms with Crippen LogP contribution in [0.3, 0.4) is 0 Å². The number of carbonyl (C=O) groups excluding carboxylic acids is 1. The van der Waals surface area contributed by atoms with Gasteiger partial charge in [0.1, 0.15) is 23.5 Å². The first kappa shape index (κ1) is 28.4. The van der Waals surface area contributed by atoms with E-state index < -0.39 is 0 Å². The highest BCUT2D eigenvalue weighted by Crippen LogP contribution is 2.35. The summed E-state index contributed by atoms with van der Waals surface area (Å²) in [6, 6.07) is 13.0. The predicted molar refractivity (Wildman–Crippen MR) is 161 cm³/mol. The van der Waals surface area contributed by atoms with Crippen LogP contribution in [0.4, 0.5) is 4.79 Å². The molecule has 0 bridgehead atoms. The molecule has 2 aromatic heterocycles. The number of benzene rings is 2. The minimum Gasteiger partial charge on any atom is -0.490 e. The van der Waals surface area contributed by atoms with Gasteiger partial charge in [0.05, 0.1) is 47.9 Å². The number of likely N-dealkylation sites (N-methyl/N-ethyl adjacent to an activating group) is 1. The number of aryl methyl sites for hydroxylation is 1. The lowest BCUT2D eigenvalue weighted by molar-refractivity contribution is 0.0705. The minimum absolute atomic E-state index is 0.135. The number of imidazole rings is 1. The first-order valence-electron chi connectivity index (χ1n) is 14.7. The van der Waals surface area contributed by atoms with Crippen molar-refractivity contribution in [2.45, 2.75) is 52.4 Å². The van der Waals surface area contributed by atoms with Gasteiger partial charge in [-0.25, -0.2) is 14.8 Å². The summed E-state index contributed by atoms with van der Waals surface area (Å²) in [5.41, 5.74) is 3.47. The van der Waals surface area contributed by atoms with Gasteiger partial charge in [0.15, 0.2) is 0 Å². The third-order valence-electron chi connectivity index (χ3n) is 8.20. The Morgan fingerprint density at radius 2 is 1.86 bits per heavy atom. The summed E-state index contributed by atoms with van der Waals surface area (Å²) >= 11 is 0. The van der Waals surface area contributed by atoms with Gasteiger partial charge in [0, 0.05) is 50.8 Å². The topological polar surface area (TPSA) is 119 Å². The highest BCUT2D eigenvalue weighted by atomic mass is 16.6. The van der Waals surface area contributed by atoms with Crippen molar-refractivity contribution >= 4 is 17.0 Å². The molecule has 1 amide bonds. The van der Waals surface area contributed by atoms with Gasteiger partial charge in [0.25, 0.3) is 5.56 Å². The molecule has 1 saturated heterocycles. The van der Waals surface area contributed by atoms with Gasteiger partial charge in [-0.3, -0.25) is 14.3 Å². The molecule has 11 heteroatoms. The summed E-state index contributed by atoms with van der Waals surface area (Å²) in [6.45, 7) is 7.95. The smallest absolute Gasteiger partial charge is 0.409 e. The molecule has 0 saturated carbocycles. The first-order chi connectivity index (χ1) is 20.8. The Balaban J connectivity index is 1.37. The zero-order chi connectivity index (χ0) is 30.1. The van der Waals surface area contributed by atoms with Gasteiger partial charge >= 0.3 is 6.09 Å². The zero-order valence-corrected chi connectivity index (χ0v) is 24.7. The van der Waals surface area contributed by atoms with Crippen LogP contribution in [0, 0.1) is 18.3 Å². The summed E-state index contributed by atoms with van der Waals surface area (Å²) in [4.78, 5) is 39.8. The Kier molecular flexibility index (Phi) is 7.86. The normalized spacial score (nSPS) is 15.7. The predicted octanol–water partition coefficient (Wildman–Crippen LogP) is 3.93. The molecule has 4 heterocycles. The summed E-state index contributed by atoms with van der Waals surface area (Å²) in [6.07, 6.45) is 2.92. The number of piperidine rings is 1. The monoisotopic (exact) mass is 581 g/mol. The number of hydrogen-bond acceptors (Lipinski definition) is 8. The molecule has 6 rings (SSSR count). The lowest BCUT2D eigenvalue weighted by Crippen LogP contribution is -2.42. The molecule has 1 fully saturated rings. The molecule has 0 unspecified atom stereocenters. The Labute approximate surface area is 249 Å². The molecule has 0 aliphatic carbocycles. The van der Waals surface area contributed by atoms with Crippen LogP contribution in [0.1, 0.15) is 42.5 Å². The molecule has 0 N–H and O–H groups in total. The molecule has 2 aliphatic rings. The van der Waals surface area contributed by atoms with E-state index in [1.807, 2.05) is 25.1 Å². The van der Waals surface area contributed by atoms with Crippen LogP contribution in [-0.2, 0) is 24.4 Å². The molecule has 11 nitrogen and oxygen atoms in total. The van der Waals surface area contributed by atoms with Crippen LogP contribution in [0.15, 0.2) is 47.4 Å². The van der Waals surface area contributed by atoms with Gasteiger partial charge < -0.3 is 18.9 Å². The molecule has 4 aromatic rings. The van der Waals surface area contributed by atoms with Gasteiger partial charge in [-0.05, 0) is 50.7 Å². The van der Waals surface area contributed by atoms with Crippen molar-refractivity contribution in [3.63, 3.8) is 0 Å². The molecule has 0 radical (unpaired) electrons. The number of fused-ring (bicyclic) bond motifs is 2. The summed E-state index contributed by atoms with van der Waals surface area (Å²) < 4.78 is 15.6. The average Bonchev–Trinajstić information content (AvgIpc) is 3.43. The van der Waals surface area contributed by atoms with E-state index in [0.717, 1.165) is 42.3 Å². The lowest BCUT2D eigenvalue weighted by atomic mass is 10.1. The Morgan fingerprint density at radius 3 is 2.58 bits per heavy atom. The maximum Gasteiger partial charge on any atom is 0.409 e. The Bertz CT molecular complexity index is 1760. The maximum absolute atomic E-state index is 13.9. The minimum atomic E-state index is -0.301. The lowest BCUT2D eigenvalue weighted by Gasteiger charge is -2.31. The fourth-order valence-electron chi connectivity index (χ4n) is 5.76. The molecule has 43 heavy (non-hydrogen) atoms. The molecule has 0 spiro atoms. The Hall–Kier alpha value is -4.69. The highest BCUT2D eigenvalue weighted by molar-refractivity contribution is 5.87. The quantitative estimate of drug-likeness (QED) is 0.336. The van der Waals surface area contributed by atoms with Crippen molar-refractivity contribution in [3.05, 3.63) is 75.7 Å². The maximum atomic E-state index is 13.9. The number of hydrogen-bond donors (Lipinski definition) is 0. The Morgan fingerprint density at radius 1 is 1.09 bits per heavy atom. The average molecular weight is 582 g/mol. The number of nitrogens with zero attached hydrogens (tertiary/aromatic N) is 7. The van der Waals surface area contributed by atoms with Crippen molar-refractivity contribution in [2.24, 2.45) is 0 Å². The molecule has 2 aromatic carbocycles. The molecular weight excluding hydrogens is 546 g/mol. The van der Waals surface area contributed by atoms with E-state index in [1.54, 1.807) is 34.6 Å². The SMILES string of the molecule is CCOC(=O)N1CCC(Oc2cc3c(=O)n(Cc4ccc(C#N)cc4)c(C)nc3cc2-c2cn3c(n2)CN(C)CC3)CC1. The highest BCUT2D eigenvalue weighted by Gasteiger charge is 2.27. The molecular formula is C32H35N7O4. The number of carbonyl (C=O) groups is 1. The van der Waals surface area contributed by atoms with Crippen molar-refractivity contribution in [2.75, 3.05) is 33.3 Å². The van der Waals surface area contributed by atoms with Gasteiger partial charge in [0.2, 0.25) is 0 Å². The number of likely N-dealkylation sites (tertiary alicyclic amines) is 1. The number of aromatic nitrogens is 4. The molecule has 222 valence electrons. The summed E-state index contributed by atoms with van der Waals surface area (Å²) in [7, 11) is 2.08. The van der Waals surface area contributed by atoms with E-state index in [0.29, 0.717) is 67.1 Å². The van der Waals surface area contributed by atoms with Crippen molar-refractivity contribution in [3.8, 4) is 23.1 Å². The van der Waals surface area contributed by atoms with Crippen LogP contribution in [0.5, 0.6) is 5.75 Å². The van der Waals surface area contributed by atoms with E-state index in [2.05, 4.69) is 28.8 Å². The van der Waals surface area contributed by atoms with Crippen molar-refractivity contribution in [1.82, 2.24) is 28.9 Å². The van der Waals surface area contributed by atoms with Gasteiger partial charge in [-0.15, -0.1) is 0 Å². The molecule has 0 atom stereocenters. The zero-order valence-electron chi connectivity index (χ0n) is 24.7. The van der Waals surface area contributed by atoms with E-state index in [1.165, 1.54) is 0 Å². The number of amides is 1. The van der Waals surface area contributed by atoms with E-state index in [4.69, 9.17) is 24.7 Å². The summed E-state index contributed by atoms with van der Waals surface area (Å²) in [5.74, 6) is 2.16. The standard InChI is InChI=1S/C32H35N7O4/c1-4-42-32(41)37-11-9-24(10-12-37)43-29-16-26-27(15-25(29)28-19-38-14-13-36(3)20-30(38)35-28)34-21(2)39(31(26)40)18-23-7-5-22(17-33)6-8-23/h5-8,15-16,19,24H,4,9-14,18,20H2,1-3H3. The fourth-order valence-corrected chi connectivity index (χ4v) is 5.76. The van der Waals surface area contributed by atoms with Crippen LogP contribution >= 0.6 is 0 Å². The van der Waals surface area contributed by atoms with Crippen molar-refractivity contribution < 1.29 is 14.3 Å². The number of nitriles is 1. The third-order valence-corrected chi connectivity index (χ3v) is 8.20. The molecule has 2 aliphatic heterocycles. The van der Waals surface area contributed by atoms with Crippen LogP contribution < -0.4 is 10.3 Å². The van der Waals surface area contributed by atoms with Gasteiger partial charge in [-0.2, -0.15) is 5.26 Å². The van der Waals surface area contributed by atoms with E-state index in [9.17, 15) is 9.59 Å².